The van der Waals surface area contributed by atoms with Crippen molar-refractivity contribution < 1.29 is 30.7 Å². The lowest BCUT2D eigenvalue weighted by molar-refractivity contribution is 0.406. The topological polar surface area (TPSA) is 154 Å². The Kier molecular flexibility index (Phi) is 14.5. The van der Waals surface area contributed by atoms with Crippen molar-refractivity contribution in [1.82, 2.24) is 10.6 Å². The summed E-state index contributed by atoms with van der Waals surface area (Å²) in [5.41, 5.74) is 4.24. The number of aryl methyl sites for hydroxylation is 1. The number of halogens is 1. The molecule has 4 N–H and O–H groups in total. The van der Waals surface area contributed by atoms with E-state index in [4.69, 9.17) is 25.5 Å². The first-order chi connectivity index (χ1) is 30.5. The summed E-state index contributed by atoms with van der Waals surface area (Å²) in [7, 11) is -4.71. The number of ether oxygens (including phenoxy) is 2. The fourth-order valence-corrected chi connectivity index (χ4v) is 11.7. The summed E-state index contributed by atoms with van der Waals surface area (Å²) in [4.78, 5) is 6.89. The highest BCUT2D eigenvalue weighted by molar-refractivity contribution is 7.93. The first-order valence-corrected chi connectivity index (χ1v) is 25.1. The fraction of sp³-hybridized carbons (Fsp3) is 0.319. The van der Waals surface area contributed by atoms with Gasteiger partial charge in [0.1, 0.15) is 22.2 Å². The van der Waals surface area contributed by atoms with E-state index in [9.17, 15) is 16.8 Å². The van der Waals surface area contributed by atoms with Gasteiger partial charge in [-0.05, 0) is 125 Å². The van der Waals surface area contributed by atoms with Crippen molar-refractivity contribution in [2.45, 2.75) is 68.6 Å². The van der Waals surface area contributed by atoms with Crippen LogP contribution in [0.4, 0.5) is 22.7 Å². The Morgan fingerprint density at radius 1 is 0.656 bits per heavy atom. The van der Waals surface area contributed by atoms with Gasteiger partial charge >= 0.3 is 0 Å². The average Bonchev–Trinajstić information content (AvgIpc) is 3.96. The Morgan fingerprint density at radius 3 is 1.70 bits per heavy atom. The number of thiophene rings is 1. The van der Waals surface area contributed by atoms with Gasteiger partial charge in [-0.2, -0.15) is 0 Å². The second-order valence-corrected chi connectivity index (χ2v) is 21.3. The van der Waals surface area contributed by atoms with Crippen molar-refractivity contribution in [2.75, 3.05) is 59.6 Å². The van der Waals surface area contributed by atoms with E-state index < -0.39 is 20.0 Å². The van der Waals surface area contributed by atoms with Crippen LogP contribution in [-0.4, -0.2) is 81.4 Å². The molecule has 2 aliphatic heterocycles. The van der Waals surface area contributed by atoms with Crippen LogP contribution in [0.2, 0.25) is 5.02 Å². The van der Waals surface area contributed by atoms with Crippen LogP contribution in [0.25, 0.3) is 21.8 Å². The summed E-state index contributed by atoms with van der Waals surface area (Å²) in [5, 5.41) is 7.19. The molecule has 6 aromatic rings. The van der Waals surface area contributed by atoms with Crippen LogP contribution in [0.3, 0.4) is 0 Å². The molecular formula is C47H55ClN6O7S3. The fourth-order valence-electron chi connectivity index (χ4n) is 8.14. The van der Waals surface area contributed by atoms with E-state index in [1.165, 1.54) is 19.1 Å². The summed E-state index contributed by atoms with van der Waals surface area (Å²) >= 11 is 8.07. The van der Waals surface area contributed by atoms with Crippen LogP contribution in [0.5, 0.6) is 11.5 Å². The number of sulfonamides is 2. The predicted octanol–water partition coefficient (Wildman–Crippen LogP) is 9.32. The largest absolute Gasteiger partial charge is 0.495 e. The van der Waals surface area contributed by atoms with Crippen molar-refractivity contribution in [3.05, 3.63) is 119 Å². The minimum Gasteiger partial charge on any atom is -0.495 e. The van der Waals surface area contributed by atoms with Crippen LogP contribution in [0.1, 0.15) is 32.6 Å². The Morgan fingerprint density at radius 2 is 1.22 bits per heavy atom. The molecule has 17 heteroatoms. The summed E-state index contributed by atoms with van der Waals surface area (Å²) in [6, 6.07) is 31.8. The minimum absolute atomic E-state index is 0.0260. The number of furan rings is 1. The lowest BCUT2D eigenvalue weighted by Gasteiger charge is -2.38. The van der Waals surface area contributed by atoms with Gasteiger partial charge in [0.2, 0.25) is 0 Å². The number of nitrogens with one attached hydrogen (secondary N) is 4. The summed E-state index contributed by atoms with van der Waals surface area (Å²) in [6.45, 7) is 13.9. The smallest absolute Gasteiger partial charge is 0.263 e. The third-order valence-electron chi connectivity index (χ3n) is 10.9. The van der Waals surface area contributed by atoms with Gasteiger partial charge in [-0.15, -0.1) is 11.3 Å². The molecule has 4 heterocycles. The Bertz CT molecular complexity index is 2760. The van der Waals surface area contributed by atoms with E-state index in [1.54, 1.807) is 78.3 Å². The molecule has 8 rings (SSSR count). The third kappa shape index (κ3) is 11.2. The molecule has 0 spiro atoms. The second-order valence-electron chi connectivity index (χ2n) is 16.3. The Balaban J connectivity index is 0.000000192. The predicted molar refractivity (Wildman–Crippen MR) is 260 cm³/mol. The van der Waals surface area contributed by atoms with E-state index in [0.29, 0.717) is 58.4 Å². The average molecular weight is 948 g/mol. The van der Waals surface area contributed by atoms with E-state index in [1.807, 2.05) is 49.4 Å². The molecule has 340 valence electrons. The molecule has 0 saturated carbocycles. The zero-order chi connectivity index (χ0) is 45.8. The molecule has 13 nitrogen and oxygen atoms in total. The number of methoxy groups -OCH3 is 2. The van der Waals surface area contributed by atoms with Gasteiger partial charge in [0.05, 0.1) is 41.8 Å². The molecule has 2 aromatic heterocycles. The minimum atomic E-state index is -3.93. The van der Waals surface area contributed by atoms with Gasteiger partial charge in [0, 0.05) is 77.0 Å². The maximum absolute atomic E-state index is 13.3. The molecule has 4 aromatic carbocycles. The van der Waals surface area contributed by atoms with Crippen LogP contribution in [0, 0.1) is 6.92 Å². The van der Waals surface area contributed by atoms with E-state index in [2.05, 4.69) is 57.6 Å². The van der Waals surface area contributed by atoms with Crippen molar-refractivity contribution in [2.24, 2.45) is 0 Å². The van der Waals surface area contributed by atoms with Gasteiger partial charge in [0.25, 0.3) is 20.0 Å². The standard InChI is InChI=1S/C24H28ClN3O3S2.C23H27N3O4S/c1-15-13-28(14-16(2)26-15)19-7-8-22(31-4)21(12-19)27-33(29,30)24-10-6-18(11-20(24)25)23-9-5-17(3)32-23;1-16-14-26(15-17(2)24-16)19-9-10-23(29-3)21(13-19)25-31(27,28)20-7-4-6-18(12-20)22-8-5-11-30-22/h5-12,15-16,26-27H,13-14H2,1-4H3;4-13,16-17,24-25H,14-15H2,1-3H3/t15-,16+;16-,17+. The zero-order valence-electron chi connectivity index (χ0n) is 36.9. The van der Waals surface area contributed by atoms with Crippen molar-refractivity contribution in [1.29, 1.82) is 0 Å². The lowest BCUT2D eigenvalue weighted by atomic mass is 10.1. The molecular weight excluding hydrogens is 892 g/mol. The maximum atomic E-state index is 13.3. The van der Waals surface area contributed by atoms with Gasteiger partial charge in [0.15, 0.2) is 0 Å². The van der Waals surface area contributed by atoms with E-state index in [0.717, 1.165) is 48.0 Å². The van der Waals surface area contributed by atoms with Crippen LogP contribution in [0.15, 0.2) is 124 Å². The highest BCUT2D eigenvalue weighted by Crippen LogP contribution is 2.37. The monoisotopic (exact) mass is 946 g/mol. The SMILES string of the molecule is COc1ccc(N2C[C@@H](C)N[C@@H](C)C2)cc1NS(=O)(=O)c1ccc(-c2ccc(C)s2)cc1Cl.COc1ccc(N2C[C@@H](C)N[C@@H](C)C2)cc1NS(=O)(=O)c1cccc(-c2ccco2)c1. The molecule has 0 aliphatic carbocycles. The van der Waals surface area contributed by atoms with Crippen molar-refractivity contribution >= 4 is 65.7 Å². The van der Waals surface area contributed by atoms with Gasteiger partial charge < -0.3 is 34.3 Å². The molecule has 64 heavy (non-hydrogen) atoms. The van der Waals surface area contributed by atoms with E-state index >= 15 is 0 Å². The summed E-state index contributed by atoms with van der Waals surface area (Å²) < 4.78 is 74.5. The summed E-state index contributed by atoms with van der Waals surface area (Å²) in [6.07, 6.45) is 1.56. The zero-order valence-corrected chi connectivity index (χ0v) is 40.1. The lowest BCUT2D eigenvalue weighted by Crippen LogP contribution is -2.54. The normalized spacial score (nSPS) is 19.1. The van der Waals surface area contributed by atoms with Gasteiger partial charge in [-0.25, -0.2) is 16.8 Å². The number of rotatable bonds is 12. The molecule has 4 atom stereocenters. The van der Waals surface area contributed by atoms with Crippen LogP contribution < -0.4 is 39.4 Å². The number of nitrogens with zero attached hydrogens (tertiary/aromatic N) is 2. The van der Waals surface area contributed by atoms with E-state index in [-0.39, 0.29) is 14.8 Å². The van der Waals surface area contributed by atoms with Crippen molar-refractivity contribution in [3.8, 4) is 33.3 Å². The maximum Gasteiger partial charge on any atom is 0.263 e. The van der Waals surface area contributed by atoms with Crippen LogP contribution in [-0.2, 0) is 20.0 Å². The molecule has 2 fully saturated rings. The molecule has 2 saturated heterocycles. The molecule has 0 bridgehead atoms. The molecule has 0 unspecified atom stereocenters. The highest BCUT2D eigenvalue weighted by atomic mass is 35.5. The first kappa shape index (κ1) is 46.8. The molecule has 0 radical (unpaired) electrons. The quantitative estimate of drug-likeness (QED) is 0.0928. The summed E-state index contributed by atoms with van der Waals surface area (Å²) in [5.74, 6) is 1.52. The Hall–Kier alpha value is -5.23. The highest BCUT2D eigenvalue weighted by Gasteiger charge is 2.26. The Labute approximate surface area is 385 Å². The second kappa shape index (κ2) is 19.9. The third-order valence-corrected chi connectivity index (χ3v) is 15.2. The van der Waals surface area contributed by atoms with Gasteiger partial charge in [-0.3, -0.25) is 9.44 Å². The number of anilines is 4. The first-order valence-electron chi connectivity index (χ1n) is 21.0. The van der Waals surface area contributed by atoms with Gasteiger partial charge in [-0.1, -0.05) is 29.8 Å². The number of piperazine rings is 2. The molecule has 0 amide bonds. The number of hydrogen-bond acceptors (Lipinski definition) is 12. The van der Waals surface area contributed by atoms with Crippen molar-refractivity contribution in [3.63, 3.8) is 0 Å². The number of hydrogen-bond donors (Lipinski definition) is 4. The number of benzene rings is 4. The molecule has 2 aliphatic rings. The van der Waals surface area contributed by atoms with Crippen LogP contribution >= 0.6 is 22.9 Å².